The molecule has 0 spiro atoms. The number of rotatable bonds is 5. The second kappa shape index (κ2) is 9.13. The minimum Gasteiger partial charge on any atom is -0.462 e. The van der Waals surface area contributed by atoms with Crippen molar-refractivity contribution >= 4 is 34.8 Å². The number of nitrogens with two attached hydrogens (primary N) is 1. The number of carbonyl (C=O) groups excluding carboxylic acids is 3. The van der Waals surface area contributed by atoms with E-state index in [-0.39, 0.29) is 59.3 Å². The molecule has 0 atom stereocenters. The van der Waals surface area contributed by atoms with Crippen LogP contribution in [0.25, 0.3) is 11.1 Å². The molecule has 2 N–H and O–H groups in total. The molecule has 0 unspecified atom stereocenters. The predicted octanol–water partition coefficient (Wildman–Crippen LogP) is 2.62. The average Bonchev–Trinajstić information content (AvgIpc) is 3.07. The summed E-state index contributed by atoms with van der Waals surface area (Å²) in [7, 11) is 0. The Morgan fingerprint density at radius 3 is 2.41 bits per heavy atom. The second-order valence-electron chi connectivity index (χ2n) is 8.88. The lowest BCUT2D eigenvalue weighted by Crippen LogP contribution is -2.45. The van der Waals surface area contributed by atoms with Crippen LogP contribution < -0.4 is 5.73 Å². The van der Waals surface area contributed by atoms with Gasteiger partial charge in [0.25, 0.3) is 0 Å². The fourth-order valence-corrected chi connectivity index (χ4v) is 3.74. The van der Waals surface area contributed by atoms with Crippen molar-refractivity contribution in [2.45, 2.75) is 54.1 Å². The topological polar surface area (TPSA) is 138 Å². The number of likely N-dealkylation sites (tertiary alicyclic amines) is 1. The van der Waals surface area contributed by atoms with Crippen LogP contribution in [0.5, 0.6) is 0 Å². The number of hydrogen-bond acceptors (Lipinski definition) is 9. The average molecular weight is 447 g/mol. The van der Waals surface area contributed by atoms with Crippen LogP contribution in [0.4, 0.5) is 5.82 Å². The molecule has 3 heterocycles. The molecule has 1 saturated heterocycles. The second-order valence-corrected chi connectivity index (χ2v) is 8.88. The van der Waals surface area contributed by atoms with Crippen LogP contribution in [0.1, 0.15) is 62.5 Å². The van der Waals surface area contributed by atoms with Crippen molar-refractivity contribution in [2.24, 2.45) is 11.3 Å². The highest BCUT2D eigenvalue weighted by Crippen LogP contribution is 2.29. The molecule has 32 heavy (non-hydrogen) atoms. The van der Waals surface area contributed by atoms with Gasteiger partial charge in [-0.05, 0) is 26.7 Å². The van der Waals surface area contributed by atoms with Gasteiger partial charge < -0.3 is 24.5 Å². The number of fused-ring (bicyclic) bond motifs is 1. The highest BCUT2D eigenvalue weighted by atomic mass is 16.5. The zero-order chi connectivity index (χ0) is 23.6. The van der Waals surface area contributed by atoms with Crippen LogP contribution >= 0.6 is 0 Å². The molecule has 1 aliphatic heterocycles. The monoisotopic (exact) mass is 446 g/mol. The first-order valence-electron chi connectivity index (χ1n) is 10.7. The van der Waals surface area contributed by atoms with Gasteiger partial charge in [0.2, 0.25) is 11.6 Å². The molecule has 0 aliphatic carbocycles. The van der Waals surface area contributed by atoms with Gasteiger partial charge in [-0.2, -0.15) is 4.98 Å². The smallest absolute Gasteiger partial charge is 0.342 e. The van der Waals surface area contributed by atoms with Gasteiger partial charge in [-0.1, -0.05) is 20.8 Å². The summed E-state index contributed by atoms with van der Waals surface area (Å²) in [5, 5.41) is 0.284. The lowest BCUT2D eigenvalue weighted by atomic mass is 9.91. The molecule has 2 aromatic heterocycles. The molecular formula is C22H30N4O6. The van der Waals surface area contributed by atoms with E-state index in [1.807, 2.05) is 20.8 Å². The number of aryl methyl sites for hydroxylation is 1. The van der Waals surface area contributed by atoms with Crippen molar-refractivity contribution in [1.82, 2.24) is 14.9 Å². The van der Waals surface area contributed by atoms with Gasteiger partial charge in [-0.15, -0.1) is 0 Å². The van der Waals surface area contributed by atoms with Crippen molar-refractivity contribution in [1.29, 1.82) is 0 Å². The molecule has 0 saturated carbocycles. The highest BCUT2D eigenvalue weighted by molar-refractivity contribution is 6.07. The summed E-state index contributed by atoms with van der Waals surface area (Å²) in [6.07, 6.45) is 1.09. The van der Waals surface area contributed by atoms with Gasteiger partial charge in [0, 0.05) is 18.5 Å². The van der Waals surface area contributed by atoms with Crippen LogP contribution in [0, 0.1) is 18.3 Å². The Kier molecular flexibility index (Phi) is 6.71. The summed E-state index contributed by atoms with van der Waals surface area (Å²) in [4.78, 5) is 47.3. The normalized spacial score (nSPS) is 15.1. The Balaban J connectivity index is 1.64. The van der Waals surface area contributed by atoms with Crippen molar-refractivity contribution in [3.05, 3.63) is 17.1 Å². The molecule has 1 aliphatic rings. The maximum Gasteiger partial charge on any atom is 0.342 e. The molecule has 2 aromatic rings. The molecule has 10 nitrogen and oxygen atoms in total. The molecule has 1 fully saturated rings. The minimum atomic E-state index is -0.561. The van der Waals surface area contributed by atoms with Gasteiger partial charge >= 0.3 is 11.9 Å². The quantitative estimate of drug-likeness (QED) is 0.687. The Hall–Kier alpha value is -3.17. The van der Waals surface area contributed by atoms with E-state index in [2.05, 4.69) is 9.97 Å². The van der Waals surface area contributed by atoms with Crippen LogP contribution in [0.15, 0.2) is 4.42 Å². The van der Waals surface area contributed by atoms with E-state index >= 15 is 0 Å². The number of nitrogens with zero attached hydrogens (tertiary/aromatic N) is 3. The van der Waals surface area contributed by atoms with E-state index in [9.17, 15) is 14.4 Å². The van der Waals surface area contributed by atoms with Crippen LogP contribution in [0.3, 0.4) is 0 Å². The Morgan fingerprint density at radius 1 is 1.16 bits per heavy atom. The van der Waals surface area contributed by atoms with Crippen LogP contribution in [-0.4, -0.2) is 52.4 Å². The van der Waals surface area contributed by atoms with Crippen molar-refractivity contribution in [3.8, 4) is 0 Å². The maximum absolute atomic E-state index is 12.5. The summed E-state index contributed by atoms with van der Waals surface area (Å²) in [6, 6.07) is 0. The molecule has 0 aromatic carbocycles. The standard InChI is InChI=1S/C22H30N4O6/c1-6-30-20(28)15-12(2)32-18-16(15)17(23)24-14(25-18)11-31-19(27)13-7-9-26(10-8-13)21(29)22(3,4)5/h13H,6-11H2,1-5H3,(H2,23,24,25). The largest absolute Gasteiger partial charge is 0.462 e. The van der Waals surface area contributed by atoms with Gasteiger partial charge in [0.1, 0.15) is 17.1 Å². The van der Waals surface area contributed by atoms with Gasteiger partial charge in [-0.25, -0.2) is 9.78 Å². The molecule has 3 rings (SSSR count). The SMILES string of the molecule is CCOC(=O)c1c(C)oc2nc(COC(=O)C3CCN(C(=O)C(C)(C)C)CC3)nc(N)c12. The predicted molar refractivity (Wildman–Crippen MR) is 115 cm³/mol. The van der Waals surface area contributed by atoms with E-state index in [1.54, 1.807) is 18.7 Å². The molecule has 0 radical (unpaired) electrons. The number of ether oxygens (including phenoxy) is 2. The number of furan rings is 1. The van der Waals surface area contributed by atoms with Gasteiger partial charge in [-0.3, -0.25) is 9.59 Å². The Labute approximate surface area is 186 Å². The Bertz CT molecular complexity index is 1030. The number of hydrogen-bond donors (Lipinski definition) is 1. The Morgan fingerprint density at radius 2 is 1.81 bits per heavy atom. The lowest BCUT2D eigenvalue weighted by Gasteiger charge is -2.34. The van der Waals surface area contributed by atoms with E-state index in [4.69, 9.17) is 19.6 Å². The maximum atomic E-state index is 12.5. The van der Waals surface area contributed by atoms with E-state index in [1.165, 1.54) is 0 Å². The first-order valence-corrected chi connectivity index (χ1v) is 10.7. The van der Waals surface area contributed by atoms with Crippen LogP contribution in [-0.2, 0) is 25.7 Å². The van der Waals surface area contributed by atoms with E-state index < -0.39 is 11.4 Å². The van der Waals surface area contributed by atoms with Crippen molar-refractivity contribution in [3.63, 3.8) is 0 Å². The number of aromatic nitrogens is 2. The number of amides is 1. The lowest BCUT2D eigenvalue weighted by molar-refractivity contribution is -0.154. The summed E-state index contributed by atoms with van der Waals surface area (Å²) in [5.74, 6) is -0.584. The first-order chi connectivity index (χ1) is 15.0. The summed E-state index contributed by atoms with van der Waals surface area (Å²) in [5.41, 5.74) is 5.92. The number of anilines is 1. The minimum absolute atomic E-state index is 0.0509. The number of esters is 2. The number of carbonyl (C=O) groups is 3. The third kappa shape index (κ3) is 4.84. The summed E-state index contributed by atoms with van der Waals surface area (Å²) >= 11 is 0. The summed E-state index contributed by atoms with van der Waals surface area (Å²) in [6.45, 7) is 10.0. The molecule has 1 amide bonds. The molecule has 0 bridgehead atoms. The molecule has 174 valence electrons. The molecular weight excluding hydrogens is 416 g/mol. The van der Waals surface area contributed by atoms with E-state index in [0.29, 0.717) is 31.7 Å². The van der Waals surface area contributed by atoms with Crippen LogP contribution in [0.2, 0.25) is 0 Å². The third-order valence-corrected chi connectivity index (χ3v) is 5.38. The van der Waals surface area contributed by atoms with Crippen molar-refractivity contribution < 1.29 is 28.3 Å². The zero-order valence-electron chi connectivity index (χ0n) is 19.2. The zero-order valence-corrected chi connectivity index (χ0v) is 19.2. The number of nitrogen functional groups attached to an aromatic ring is 1. The fourth-order valence-electron chi connectivity index (χ4n) is 3.74. The molecule has 10 heteroatoms. The highest BCUT2D eigenvalue weighted by Gasteiger charge is 2.33. The van der Waals surface area contributed by atoms with Gasteiger partial charge in [0.05, 0.1) is 17.9 Å². The van der Waals surface area contributed by atoms with Crippen molar-refractivity contribution in [2.75, 3.05) is 25.4 Å². The fraction of sp³-hybridized carbons (Fsp3) is 0.591. The third-order valence-electron chi connectivity index (χ3n) is 5.38. The first kappa shape index (κ1) is 23.5. The number of piperidine rings is 1. The van der Waals surface area contributed by atoms with E-state index in [0.717, 1.165) is 0 Å². The summed E-state index contributed by atoms with van der Waals surface area (Å²) < 4.78 is 16.0. The van der Waals surface area contributed by atoms with Gasteiger partial charge in [0.15, 0.2) is 12.4 Å².